The predicted octanol–water partition coefficient (Wildman–Crippen LogP) is 1.07. The van der Waals surface area contributed by atoms with Gasteiger partial charge in [-0.05, 0) is 31.6 Å². The smallest absolute Gasteiger partial charge is 0.226 e. The Morgan fingerprint density at radius 3 is 2.59 bits per heavy atom. The lowest BCUT2D eigenvalue weighted by Crippen LogP contribution is -2.37. The van der Waals surface area contributed by atoms with Crippen LogP contribution >= 0.6 is 0 Å². The standard InChI is InChI=1S/C12H21NO3S/c1-10-3-2-6-13(7-4-10)12(14)11-5-8-17(15,16)9-11/h10-11H,2-9H2,1H3. The zero-order valence-electron chi connectivity index (χ0n) is 10.4. The average Bonchev–Trinajstić information content (AvgIpc) is 2.48. The lowest BCUT2D eigenvalue weighted by atomic mass is 10.0. The Hall–Kier alpha value is -0.580. The van der Waals surface area contributed by atoms with E-state index in [-0.39, 0.29) is 23.3 Å². The van der Waals surface area contributed by atoms with E-state index in [0.717, 1.165) is 25.9 Å². The molecule has 2 aliphatic rings. The molecule has 0 aromatic carbocycles. The monoisotopic (exact) mass is 259 g/mol. The van der Waals surface area contributed by atoms with Crippen LogP contribution in [0.5, 0.6) is 0 Å². The summed E-state index contributed by atoms with van der Waals surface area (Å²) in [5.74, 6) is 0.736. The molecule has 0 aromatic heterocycles. The van der Waals surface area contributed by atoms with Crippen LogP contribution in [0.2, 0.25) is 0 Å². The van der Waals surface area contributed by atoms with Crippen LogP contribution in [0.25, 0.3) is 0 Å². The second-order valence-corrected chi connectivity index (χ2v) is 7.69. The van der Waals surface area contributed by atoms with Gasteiger partial charge in [-0.1, -0.05) is 6.92 Å². The van der Waals surface area contributed by atoms with E-state index in [1.165, 1.54) is 6.42 Å². The number of sulfone groups is 1. The molecule has 0 aliphatic carbocycles. The molecule has 2 saturated heterocycles. The first-order chi connectivity index (χ1) is 7.98. The molecule has 17 heavy (non-hydrogen) atoms. The maximum absolute atomic E-state index is 12.2. The van der Waals surface area contributed by atoms with E-state index >= 15 is 0 Å². The molecule has 2 atom stereocenters. The van der Waals surface area contributed by atoms with Crippen LogP contribution in [0, 0.1) is 11.8 Å². The van der Waals surface area contributed by atoms with Crippen LogP contribution in [-0.2, 0) is 14.6 Å². The fourth-order valence-corrected chi connectivity index (χ4v) is 4.46. The van der Waals surface area contributed by atoms with Gasteiger partial charge in [0.1, 0.15) is 0 Å². The van der Waals surface area contributed by atoms with Gasteiger partial charge in [0.25, 0.3) is 0 Å². The number of nitrogens with zero attached hydrogens (tertiary/aromatic N) is 1. The van der Waals surface area contributed by atoms with Gasteiger partial charge in [-0.25, -0.2) is 8.42 Å². The minimum Gasteiger partial charge on any atom is -0.342 e. The Labute approximate surface area is 103 Å². The van der Waals surface area contributed by atoms with Crippen molar-refractivity contribution < 1.29 is 13.2 Å². The van der Waals surface area contributed by atoms with Crippen molar-refractivity contribution in [1.29, 1.82) is 0 Å². The minimum absolute atomic E-state index is 0.0673. The lowest BCUT2D eigenvalue weighted by Gasteiger charge is -2.23. The molecule has 0 saturated carbocycles. The zero-order chi connectivity index (χ0) is 12.5. The fraction of sp³-hybridized carbons (Fsp3) is 0.917. The van der Waals surface area contributed by atoms with E-state index in [1.54, 1.807) is 0 Å². The van der Waals surface area contributed by atoms with Crippen molar-refractivity contribution in [2.24, 2.45) is 11.8 Å². The molecule has 2 rings (SSSR count). The number of carbonyl (C=O) groups is 1. The number of hydrogen-bond acceptors (Lipinski definition) is 3. The quantitative estimate of drug-likeness (QED) is 0.708. The summed E-state index contributed by atoms with van der Waals surface area (Å²) in [6.45, 7) is 3.82. The molecule has 2 aliphatic heterocycles. The van der Waals surface area contributed by atoms with Crippen LogP contribution < -0.4 is 0 Å². The Balaban J connectivity index is 1.96. The van der Waals surface area contributed by atoms with Gasteiger partial charge < -0.3 is 4.90 Å². The highest BCUT2D eigenvalue weighted by Gasteiger charge is 2.35. The summed E-state index contributed by atoms with van der Waals surface area (Å²) in [4.78, 5) is 14.1. The Morgan fingerprint density at radius 2 is 1.94 bits per heavy atom. The third-order valence-electron chi connectivity index (χ3n) is 3.91. The summed E-state index contributed by atoms with van der Waals surface area (Å²) in [7, 11) is -2.95. The topological polar surface area (TPSA) is 54.5 Å². The third-order valence-corrected chi connectivity index (χ3v) is 5.68. The van der Waals surface area contributed by atoms with E-state index < -0.39 is 9.84 Å². The number of carbonyl (C=O) groups excluding carboxylic acids is 1. The van der Waals surface area contributed by atoms with Crippen molar-refractivity contribution in [1.82, 2.24) is 4.90 Å². The summed E-state index contributed by atoms with van der Waals surface area (Å²) in [5.41, 5.74) is 0. The van der Waals surface area contributed by atoms with E-state index in [1.807, 2.05) is 4.90 Å². The van der Waals surface area contributed by atoms with Crippen molar-refractivity contribution in [3.63, 3.8) is 0 Å². The van der Waals surface area contributed by atoms with Crippen LogP contribution in [0.3, 0.4) is 0 Å². The van der Waals surface area contributed by atoms with E-state index in [9.17, 15) is 13.2 Å². The second-order valence-electron chi connectivity index (χ2n) is 5.46. The zero-order valence-corrected chi connectivity index (χ0v) is 11.2. The third kappa shape index (κ3) is 3.21. The molecule has 0 radical (unpaired) electrons. The molecule has 0 bridgehead atoms. The first-order valence-corrected chi connectivity index (χ1v) is 8.29. The normalized spacial score (nSPS) is 33.4. The van der Waals surface area contributed by atoms with Crippen LogP contribution in [-0.4, -0.2) is 43.8 Å². The summed E-state index contributed by atoms with van der Waals surface area (Å²) >= 11 is 0. The van der Waals surface area contributed by atoms with Gasteiger partial charge in [-0.15, -0.1) is 0 Å². The summed E-state index contributed by atoms with van der Waals surface area (Å²) in [5, 5.41) is 0. The van der Waals surface area contributed by atoms with E-state index in [4.69, 9.17) is 0 Å². The van der Waals surface area contributed by atoms with Gasteiger partial charge in [0.2, 0.25) is 5.91 Å². The molecule has 2 unspecified atom stereocenters. The molecule has 0 aromatic rings. The Bertz CT molecular complexity index is 391. The summed E-state index contributed by atoms with van der Waals surface area (Å²) in [6, 6.07) is 0. The molecule has 4 nitrogen and oxygen atoms in total. The van der Waals surface area contributed by atoms with Crippen molar-refractivity contribution in [3.05, 3.63) is 0 Å². The molecular weight excluding hydrogens is 238 g/mol. The van der Waals surface area contributed by atoms with Gasteiger partial charge in [0.05, 0.1) is 17.4 Å². The molecular formula is C12H21NO3S. The van der Waals surface area contributed by atoms with E-state index in [0.29, 0.717) is 12.3 Å². The fourth-order valence-electron chi connectivity index (χ4n) is 2.73. The van der Waals surface area contributed by atoms with Gasteiger partial charge in [-0.2, -0.15) is 0 Å². The van der Waals surface area contributed by atoms with Crippen molar-refractivity contribution >= 4 is 15.7 Å². The highest BCUT2D eigenvalue weighted by molar-refractivity contribution is 7.91. The van der Waals surface area contributed by atoms with Gasteiger partial charge >= 0.3 is 0 Å². The molecule has 2 fully saturated rings. The summed E-state index contributed by atoms with van der Waals surface area (Å²) < 4.78 is 22.8. The highest BCUT2D eigenvalue weighted by Crippen LogP contribution is 2.23. The van der Waals surface area contributed by atoms with Crippen LogP contribution in [0.4, 0.5) is 0 Å². The number of likely N-dealkylation sites (tertiary alicyclic amines) is 1. The minimum atomic E-state index is -2.95. The average molecular weight is 259 g/mol. The maximum atomic E-state index is 12.2. The van der Waals surface area contributed by atoms with Crippen LogP contribution in [0.15, 0.2) is 0 Å². The first kappa shape index (κ1) is 12.9. The van der Waals surface area contributed by atoms with E-state index in [2.05, 4.69) is 6.92 Å². The number of rotatable bonds is 1. The number of amides is 1. The lowest BCUT2D eigenvalue weighted by molar-refractivity contribution is -0.134. The first-order valence-electron chi connectivity index (χ1n) is 6.47. The van der Waals surface area contributed by atoms with Crippen molar-refractivity contribution in [3.8, 4) is 0 Å². The van der Waals surface area contributed by atoms with Crippen molar-refractivity contribution in [2.45, 2.75) is 32.6 Å². The Kier molecular flexibility index (Phi) is 3.76. The molecule has 5 heteroatoms. The van der Waals surface area contributed by atoms with Crippen LogP contribution in [0.1, 0.15) is 32.6 Å². The molecule has 1 amide bonds. The molecule has 0 N–H and O–H groups in total. The predicted molar refractivity (Wildman–Crippen MR) is 66.4 cm³/mol. The number of hydrogen-bond donors (Lipinski definition) is 0. The molecule has 98 valence electrons. The SMILES string of the molecule is CC1CCCN(C(=O)C2CCS(=O)(=O)C2)CC1. The summed E-state index contributed by atoms with van der Waals surface area (Å²) in [6.07, 6.45) is 3.79. The molecule has 2 heterocycles. The van der Waals surface area contributed by atoms with Gasteiger partial charge in [0, 0.05) is 13.1 Å². The Morgan fingerprint density at radius 1 is 1.18 bits per heavy atom. The molecule has 0 spiro atoms. The van der Waals surface area contributed by atoms with Gasteiger partial charge in [-0.3, -0.25) is 4.79 Å². The largest absolute Gasteiger partial charge is 0.342 e. The van der Waals surface area contributed by atoms with Crippen molar-refractivity contribution in [2.75, 3.05) is 24.6 Å². The second kappa shape index (κ2) is 4.96. The maximum Gasteiger partial charge on any atom is 0.226 e. The van der Waals surface area contributed by atoms with Gasteiger partial charge in [0.15, 0.2) is 9.84 Å². The highest BCUT2D eigenvalue weighted by atomic mass is 32.2.